The molecule has 2 aliphatic heterocycles. The molecule has 5 rings (SSSR count). The van der Waals surface area contributed by atoms with E-state index in [1.54, 1.807) is 12.1 Å². The van der Waals surface area contributed by atoms with Gasteiger partial charge in [-0.2, -0.15) is 0 Å². The number of halogens is 3. The Morgan fingerprint density at radius 2 is 1.51 bits per heavy atom. The van der Waals surface area contributed by atoms with Gasteiger partial charge in [0, 0.05) is 56.4 Å². The molecule has 0 spiro atoms. The van der Waals surface area contributed by atoms with Gasteiger partial charge in [0.05, 0.1) is 15.7 Å². The molecule has 2 saturated heterocycles. The number of hydrogen-bond donors (Lipinski definition) is 0. The summed E-state index contributed by atoms with van der Waals surface area (Å²) in [5, 5.41) is 9.78. The number of amides is 1. The van der Waals surface area contributed by atoms with Crippen LogP contribution in [0.3, 0.4) is 0 Å². The maximum absolute atomic E-state index is 13.2. The zero-order valence-corrected chi connectivity index (χ0v) is 20.7. The minimum Gasteiger partial charge on any atom is -0.368 e. The Bertz CT molecular complexity index is 1180. The van der Waals surface area contributed by atoms with E-state index in [2.05, 4.69) is 20.0 Å². The van der Waals surface area contributed by atoms with Gasteiger partial charge in [-0.3, -0.25) is 4.79 Å². The van der Waals surface area contributed by atoms with Crippen molar-refractivity contribution in [2.45, 2.75) is 12.8 Å². The number of hydrogen-bond acceptors (Lipinski definition) is 5. The number of anilines is 2. The number of benzene rings is 2. The van der Waals surface area contributed by atoms with Crippen LogP contribution < -0.4 is 9.80 Å². The van der Waals surface area contributed by atoms with Crippen molar-refractivity contribution < 1.29 is 9.18 Å². The highest BCUT2D eigenvalue weighted by Crippen LogP contribution is 2.29. The fourth-order valence-corrected chi connectivity index (χ4v) is 5.04. The Balaban J connectivity index is 1.12. The second kappa shape index (κ2) is 10.4. The number of aromatic nitrogens is 2. The summed E-state index contributed by atoms with van der Waals surface area (Å²) in [6.45, 7) is 4.50. The Hall–Kier alpha value is -2.90. The molecule has 2 fully saturated rings. The summed E-state index contributed by atoms with van der Waals surface area (Å²) < 4.78 is 13.1. The molecule has 3 aromatic rings. The zero-order chi connectivity index (χ0) is 24.4. The Labute approximate surface area is 214 Å². The van der Waals surface area contributed by atoms with E-state index < -0.39 is 0 Å². The smallest absolute Gasteiger partial charge is 0.225 e. The molecule has 0 radical (unpaired) electrons. The molecule has 2 aliphatic rings. The van der Waals surface area contributed by atoms with Gasteiger partial charge in [-0.05, 0) is 67.4 Å². The van der Waals surface area contributed by atoms with Crippen molar-refractivity contribution in [1.29, 1.82) is 0 Å². The van der Waals surface area contributed by atoms with Gasteiger partial charge in [-0.25, -0.2) is 4.39 Å². The molecule has 0 atom stereocenters. The van der Waals surface area contributed by atoms with Crippen molar-refractivity contribution in [3.63, 3.8) is 0 Å². The monoisotopic (exact) mass is 513 g/mol. The van der Waals surface area contributed by atoms with Crippen LogP contribution in [0.1, 0.15) is 12.8 Å². The van der Waals surface area contributed by atoms with Crippen LogP contribution in [0.2, 0.25) is 10.0 Å². The molecule has 0 aliphatic carbocycles. The minimum atomic E-state index is -0.274. The molecular weight excluding hydrogens is 488 g/mol. The number of carbonyl (C=O) groups is 1. The molecule has 0 unspecified atom stereocenters. The summed E-state index contributed by atoms with van der Waals surface area (Å²) in [5.74, 6) is 0.812. The maximum Gasteiger partial charge on any atom is 0.225 e. The van der Waals surface area contributed by atoms with Gasteiger partial charge in [0.2, 0.25) is 5.91 Å². The summed E-state index contributed by atoms with van der Waals surface area (Å²) in [4.78, 5) is 19.6. The van der Waals surface area contributed by atoms with Crippen LogP contribution in [0.15, 0.2) is 54.6 Å². The lowest BCUT2D eigenvalue weighted by atomic mass is 9.95. The van der Waals surface area contributed by atoms with Crippen molar-refractivity contribution in [2.24, 2.45) is 5.92 Å². The van der Waals surface area contributed by atoms with Gasteiger partial charge < -0.3 is 14.7 Å². The third kappa shape index (κ3) is 5.36. The average molecular weight is 514 g/mol. The van der Waals surface area contributed by atoms with Crippen LogP contribution in [-0.4, -0.2) is 60.3 Å². The van der Waals surface area contributed by atoms with Crippen molar-refractivity contribution in [3.8, 4) is 11.3 Å². The van der Waals surface area contributed by atoms with Gasteiger partial charge >= 0.3 is 0 Å². The molecule has 0 bridgehead atoms. The van der Waals surface area contributed by atoms with E-state index >= 15 is 0 Å². The van der Waals surface area contributed by atoms with Crippen LogP contribution in [0, 0.1) is 11.7 Å². The minimum absolute atomic E-state index is 0.0363. The van der Waals surface area contributed by atoms with E-state index in [4.69, 9.17) is 23.2 Å². The van der Waals surface area contributed by atoms with E-state index in [1.165, 1.54) is 12.1 Å². The van der Waals surface area contributed by atoms with Crippen molar-refractivity contribution in [2.75, 3.05) is 49.1 Å². The number of piperazine rings is 1. The van der Waals surface area contributed by atoms with Crippen LogP contribution in [0.5, 0.6) is 0 Å². The molecule has 0 saturated carbocycles. The zero-order valence-electron chi connectivity index (χ0n) is 19.2. The number of nitrogens with zero attached hydrogens (tertiary/aromatic N) is 5. The van der Waals surface area contributed by atoms with Crippen molar-refractivity contribution in [3.05, 3.63) is 70.5 Å². The standard InChI is InChI=1S/C26H26Cl2FN5O/c27-22-6-5-21(17-23(22)28)32-13-15-34(16-14-32)26(35)19-9-11-33(12-10-19)25-8-7-24(30-31-25)18-1-3-20(29)4-2-18/h1-8,17,19H,9-16H2. The molecule has 182 valence electrons. The lowest BCUT2D eigenvalue weighted by Gasteiger charge is -2.39. The van der Waals surface area contributed by atoms with Crippen LogP contribution in [0.4, 0.5) is 15.9 Å². The highest BCUT2D eigenvalue weighted by molar-refractivity contribution is 6.42. The second-order valence-corrected chi connectivity index (χ2v) is 9.77. The van der Waals surface area contributed by atoms with Gasteiger partial charge in [0.1, 0.15) is 5.82 Å². The lowest BCUT2D eigenvalue weighted by Crippen LogP contribution is -2.51. The first kappa shape index (κ1) is 23.8. The quantitative estimate of drug-likeness (QED) is 0.482. The first-order valence-corrected chi connectivity index (χ1v) is 12.6. The second-order valence-electron chi connectivity index (χ2n) is 8.96. The Kier molecular flexibility index (Phi) is 7.07. The predicted molar refractivity (Wildman–Crippen MR) is 138 cm³/mol. The van der Waals surface area contributed by atoms with Crippen molar-refractivity contribution in [1.82, 2.24) is 15.1 Å². The summed E-state index contributed by atoms with van der Waals surface area (Å²) in [5.41, 5.74) is 2.57. The molecule has 3 heterocycles. The summed E-state index contributed by atoms with van der Waals surface area (Å²) >= 11 is 12.2. The third-order valence-electron chi connectivity index (χ3n) is 6.82. The average Bonchev–Trinajstić information content (AvgIpc) is 2.91. The van der Waals surface area contributed by atoms with E-state index in [0.29, 0.717) is 28.8 Å². The Morgan fingerprint density at radius 1 is 0.800 bits per heavy atom. The van der Waals surface area contributed by atoms with Crippen LogP contribution >= 0.6 is 23.2 Å². The van der Waals surface area contributed by atoms with Crippen molar-refractivity contribution >= 4 is 40.6 Å². The molecule has 2 aromatic carbocycles. The van der Waals surface area contributed by atoms with Gasteiger partial charge in [-0.1, -0.05) is 23.2 Å². The molecule has 1 amide bonds. The van der Waals surface area contributed by atoms with Gasteiger partial charge in [0.15, 0.2) is 5.82 Å². The summed E-state index contributed by atoms with van der Waals surface area (Å²) in [6.07, 6.45) is 1.60. The Morgan fingerprint density at radius 3 is 2.14 bits per heavy atom. The SMILES string of the molecule is O=C(C1CCN(c2ccc(-c3ccc(F)cc3)nn2)CC1)N1CCN(c2ccc(Cl)c(Cl)c2)CC1. The summed E-state index contributed by atoms with van der Waals surface area (Å²) in [7, 11) is 0. The predicted octanol–water partition coefficient (Wildman–Crippen LogP) is 5.15. The third-order valence-corrected chi connectivity index (χ3v) is 7.56. The normalized spacial score (nSPS) is 17.1. The van der Waals surface area contributed by atoms with E-state index in [0.717, 1.165) is 56.1 Å². The highest BCUT2D eigenvalue weighted by atomic mass is 35.5. The molecule has 1 aromatic heterocycles. The van der Waals surface area contributed by atoms with Crippen LogP contribution in [-0.2, 0) is 4.79 Å². The largest absolute Gasteiger partial charge is 0.368 e. The number of carbonyl (C=O) groups excluding carboxylic acids is 1. The van der Waals surface area contributed by atoms with E-state index in [-0.39, 0.29) is 17.6 Å². The number of piperidine rings is 1. The molecule has 0 N–H and O–H groups in total. The van der Waals surface area contributed by atoms with Gasteiger partial charge in [-0.15, -0.1) is 10.2 Å². The van der Waals surface area contributed by atoms with E-state index in [9.17, 15) is 9.18 Å². The van der Waals surface area contributed by atoms with Gasteiger partial charge in [0.25, 0.3) is 0 Å². The first-order chi connectivity index (χ1) is 17.0. The lowest BCUT2D eigenvalue weighted by molar-refractivity contribution is -0.136. The van der Waals surface area contributed by atoms with E-state index in [1.807, 2.05) is 35.2 Å². The number of rotatable bonds is 4. The molecular formula is C26H26Cl2FN5O. The maximum atomic E-state index is 13.2. The molecule has 6 nitrogen and oxygen atoms in total. The summed E-state index contributed by atoms with van der Waals surface area (Å²) in [6, 6.07) is 15.7. The molecule has 9 heteroatoms. The fourth-order valence-electron chi connectivity index (χ4n) is 4.75. The highest BCUT2D eigenvalue weighted by Gasteiger charge is 2.31. The van der Waals surface area contributed by atoms with Crippen LogP contribution in [0.25, 0.3) is 11.3 Å². The molecule has 35 heavy (non-hydrogen) atoms. The fraction of sp³-hybridized carbons (Fsp3) is 0.346. The topological polar surface area (TPSA) is 52.6 Å². The first-order valence-electron chi connectivity index (χ1n) is 11.8.